The van der Waals surface area contributed by atoms with Crippen molar-refractivity contribution in [1.82, 2.24) is 5.32 Å². The summed E-state index contributed by atoms with van der Waals surface area (Å²) >= 11 is 0. The van der Waals surface area contributed by atoms with Crippen molar-refractivity contribution in [3.05, 3.63) is 35.4 Å². The van der Waals surface area contributed by atoms with Crippen LogP contribution in [-0.4, -0.2) is 12.7 Å². The van der Waals surface area contributed by atoms with Crippen molar-refractivity contribution in [2.45, 2.75) is 19.1 Å². The van der Waals surface area contributed by atoms with Crippen LogP contribution in [0.1, 0.15) is 11.1 Å². The van der Waals surface area contributed by atoms with E-state index in [9.17, 15) is 4.39 Å². The van der Waals surface area contributed by atoms with Gasteiger partial charge in [-0.3, -0.25) is 0 Å². The average Bonchev–Trinajstić information content (AvgIpc) is 2.25. The first-order valence-corrected chi connectivity index (χ1v) is 4.28. The van der Waals surface area contributed by atoms with E-state index in [1.165, 1.54) is 5.56 Å². The molecule has 0 unspecified atom stereocenters. The molecule has 12 heavy (non-hydrogen) atoms. The van der Waals surface area contributed by atoms with E-state index >= 15 is 0 Å². The molecule has 0 spiro atoms. The Morgan fingerprint density at radius 2 is 2.00 bits per heavy atom. The van der Waals surface area contributed by atoms with Gasteiger partial charge in [-0.1, -0.05) is 24.3 Å². The van der Waals surface area contributed by atoms with Crippen LogP contribution in [0.5, 0.6) is 0 Å². The minimum atomic E-state index is -0.728. The van der Waals surface area contributed by atoms with Gasteiger partial charge in [-0.2, -0.15) is 0 Å². The topological polar surface area (TPSA) is 12.0 Å². The van der Waals surface area contributed by atoms with Gasteiger partial charge in [0.05, 0.1) is 0 Å². The zero-order valence-corrected chi connectivity index (χ0v) is 6.89. The quantitative estimate of drug-likeness (QED) is 0.616. The standard InChI is InChI=1S/C10H12FN/c11-10-5-8-3-1-2-4-9(8)6-12-7-10/h1-4,10,12H,5-7H2/t10-/m0/s1. The predicted molar refractivity (Wildman–Crippen MR) is 46.7 cm³/mol. The molecule has 0 saturated heterocycles. The van der Waals surface area contributed by atoms with Crippen LogP contribution < -0.4 is 5.32 Å². The summed E-state index contributed by atoms with van der Waals surface area (Å²) in [5.74, 6) is 0. The third-order valence-corrected chi connectivity index (χ3v) is 2.24. The van der Waals surface area contributed by atoms with Crippen LogP contribution in [0.2, 0.25) is 0 Å². The Morgan fingerprint density at radius 1 is 1.25 bits per heavy atom. The minimum Gasteiger partial charge on any atom is -0.310 e. The summed E-state index contributed by atoms with van der Waals surface area (Å²) in [6, 6.07) is 8.03. The second-order valence-electron chi connectivity index (χ2n) is 3.20. The second-order valence-corrected chi connectivity index (χ2v) is 3.20. The van der Waals surface area contributed by atoms with Crippen LogP contribution in [0.25, 0.3) is 0 Å². The first kappa shape index (κ1) is 7.74. The Labute approximate surface area is 71.6 Å². The Kier molecular flexibility index (Phi) is 2.09. The number of hydrogen-bond acceptors (Lipinski definition) is 1. The molecule has 0 aliphatic carbocycles. The molecule has 0 bridgehead atoms. The molecule has 1 N–H and O–H groups in total. The van der Waals surface area contributed by atoms with Gasteiger partial charge >= 0.3 is 0 Å². The van der Waals surface area contributed by atoms with Crippen LogP contribution in [0.15, 0.2) is 24.3 Å². The Balaban J connectivity index is 2.31. The largest absolute Gasteiger partial charge is 0.310 e. The number of halogens is 1. The molecule has 0 aromatic heterocycles. The Hall–Kier alpha value is -0.890. The molecule has 1 aromatic carbocycles. The fourth-order valence-electron chi connectivity index (χ4n) is 1.60. The SMILES string of the molecule is F[C@@H]1CNCc2ccccc2C1. The number of hydrogen-bond donors (Lipinski definition) is 1. The van der Waals surface area contributed by atoms with Crippen molar-refractivity contribution >= 4 is 0 Å². The third kappa shape index (κ3) is 1.48. The van der Waals surface area contributed by atoms with E-state index in [1.807, 2.05) is 18.2 Å². The number of rotatable bonds is 0. The zero-order chi connectivity index (χ0) is 8.39. The predicted octanol–water partition coefficient (Wildman–Crippen LogP) is 1.67. The molecule has 1 heterocycles. The molecule has 64 valence electrons. The Bertz CT molecular complexity index is 272. The van der Waals surface area contributed by atoms with Crippen molar-refractivity contribution in [3.8, 4) is 0 Å². The van der Waals surface area contributed by atoms with E-state index in [2.05, 4.69) is 11.4 Å². The summed E-state index contributed by atoms with van der Waals surface area (Å²) in [6.45, 7) is 1.28. The fraction of sp³-hybridized carbons (Fsp3) is 0.400. The second kappa shape index (κ2) is 3.23. The normalized spacial score (nSPS) is 22.9. The Morgan fingerprint density at radius 3 is 2.83 bits per heavy atom. The van der Waals surface area contributed by atoms with Gasteiger partial charge < -0.3 is 5.32 Å². The summed E-state index contributed by atoms with van der Waals surface area (Å²) in [5.41, 5.74) is 2.38. The van der Waals surface area contributed by atoms with Crippen LogP contribution in [0, 0.1) is 0 Å². The summed E-state index contributed by atoms with van der Waals surface area (Å²) in [7, 11) is 0. The van der Waals surface area contributed by atoms with Gasteiger partial charge in [0.25, 0.3) is 0 Å². The van der Waals surface area contributed by atoms with Crippen molar-refractivity contribution in [2.75, 3.05) is 6.54 Å². The number of nitrogens with one attached hydrogen (secondary N) is 1. The molecular weight excluding hydrogens is 153 g/mol. The molecular formula is C10H12FN. The highest BCUT2D eigenvalue weighted by Crippen LogP contribution is 2.14. The van der Waals surface area contributed by atoms with Crippen LogP contribution in [0.4, 0.5) is 4.39 Å². The summed E-state index contributed by atoms with van der Waals surface area (Å²) < 4.78 is 13.1. The highest BCUT2D eigenvalue weighted by Gasteiger charge is 2.13. The highest BCUT2D eigenvalue weighted by molar-refractivity contribution is 5.28. The maximum Gasteiger partial charge on any atom is 0.117 e. The van der Waals surface area contributed by atoms with E-state index in [1.54, 1.807) is 0 Å². The third-order valence-electron chi connectivity index (χ3n) is 2.24. The molecule has 0 amide bonds. The van der Waals surface area contributed by atoms with Crippen molar-refractivity contribution < 1.29 is 4.39 Å². The lowest BCUT2D eigenvalue weighted by Crippen LogP contribution is -2.20. The van der Waals surface area contributed by atoms with E-state index in [0.717, 1.165) is 12.1 Å². The molecule has 0 saturated carbocycles. The van der Waals surface area contributed by atoms with Crippen LogP contribution in [-0.2, 0) is 13.0 Å². The maximum absolute atomic E-state index is 13.1. The minimum absolute atomic E-state index is 0.481. The first-order chi connectivity index (χ1) is 5.86. The number of alkyl halides is 1. The monoisotopic (exact) mass is 165 g/mol. The molecule has 1 nitrogen and oxygen atoms in total. The van der Waals surface area contributed by atoms with Gasteiger partial charge in [0.2, 0.25) is 0 Å². The summed E-state index contributed by atoms with van der Waals surface area (Å²) in [4.78, 5) is 0. The van der Waals surface area contributed by atoms with Gasteiger partial charge in [-0.25, -0.2) is 4.39 Å². The van der Waals surface area contributed by atoms with Crippen molar-refractivity contribution in [3.63, 3.8) is 0 Å². The van der Waals surface area contributed by atoms with Gasteiger partial charge in [0, 0.05) is 19.5 Å². The molecule has 0 radical (unpaired) electrons. The lowest BCUT2D eigenvalue weighted by atomic mass is 10.0. The van der Waals surface area contributed by atoms with Gasteiger partial charge in [-0.15, -0.1) is 0 Å². The molecule has 1 aliphatic rings. The molecule has 1 aromatic rings. The van der Waals surface area contributed by atoms with E-state index in [-0.39, 0.29) is 0 Å². The van der Waals surface area contributed by atoms with E-state index in [4.69, 9.17) is 0 Å². The molecule has 2 heteroatoms. The van der Waals surface area contributed by atoms with Crippen molar-refractivity contribution in [2.24, 2.45) is 0 Å². The molecule has 2 rings (SSSR count). The van der Waals surface area contributed by atoms with Crippen LogP contribution >= 0.6 is 0 Å². The lowest BCUT2D eigenvalue weighted by Gasteiger charge is -2.03. The van der Waals surface area contributed by atoms with E-state index < -0.39 is 6.17 Å². The maximum atomic E-state index is 13.1. The lowest BCUT2D eigenvalue weighted by molar-refractivity contribution is 0.324. The van der Waals surface area contributed by atoms with Gasteiger partial charge in [0.1, 0.15) is 6.17 Å². The molecule has 1 atom stereocenters. The van der Waals surface area contributed by atoms with Gasteiger partial charge in [0.15, 0.2) is 0 Å². The number of benzene rings is 1. The summed E-state index contributed by atoms with van der Waals surface area (Å²) in [6.07, 6.45) is -0.169. The summed E-state index contributed by atoms with van der Waals surface area (Å²) in [5, 5.41) is 3.08. The van der Waals surface area contributed by atoms with Crippen molar-refractivity contribution in [1.29, 1.82) is 0 Å². The first-order valence-electron chi connectivity index (χ1n) is 4.28. The van der Waals surface area contributed by atoms with E-state index in [0.29, 0.717) is 13.0 Å². The van der Waals surface area contributed by atoms with Crippen LogP contribution in [0.3, 0.4) is 0 Å². The number of fused-ring (bicyclic) bond motifs is 1. The van der Waals surface area contributed by atoms with Gasteiger partial charge in [-0.05, 0) is 11.1 Å². The molecule has 0 fully saturated rings. The molecule has 1 aliphatic heterocycles. The average molecular weight is 165 g/mol. The fourth-order valence-corrected chi connectivity index (χ4v) is 1.60. The highest BCUT2D eigenvalue weighted by atomic mass is 19.1. The zero-order valence-electron chi connectivity index (χ0n) is 6.89. The smallest absolute Gasteiger partial charge is 0.117 e.